The van der Waals surface area contributed by atoms with Crippen LogP contribution in [0.5, 0.6) is 11.5 Å². The Kier molecular flexibility index (Phi) is 11.0. The van der Waals surface area contributed by atoms with Crippen LogP contribution in [-0.2, 0) is 24.5 Å². The molecule has 4 atom stereocenters. The summed E-state index contributed by atoms with van der Waals surface area (Å²) in [7, 11) is 0. The average molecular weight is 763 g/mol. The third-order valence-corrected chi connectivity index (χ3v) is 10.7. The molecule has 8 nitrogen and oxygen atoms in total. The molecule has 0 saturated heterocycles. The summed E-state index contributed by atoms with van der Waals surface area (Å²) < 4.78 is 23.6. The Labute approximate surface area is 332 Å². The van der Waals surface area contributed by atoms with Gasteiger partial charge in [-0.3, -0.25) is 0 Å². The Bertz CT molecular complexity index is 2310. The molecule has 2 N–H and O–H groups in total. The number of aliphatic hydroxyl groups excluding tert-OH is 2. The van der Waals surface area contributed by atoms with Crippen molar-refractivity contribution < 1.29 is 38.7 Å². The molecule has 7 rings (SSSR count). The van der Waals surface area contributed by atoms with Crippen LogP contribution in [0.3, 0.4) is 0 Å². The maximum Gasteiger partial charge on any atom is 0.333 e. The Morgan fingerprint density at radius 2 is 0.930 bits per heavy atom. The van der Waals surface area contributed by atoms with Crippen LogP contribution in [0.2, 0.25) is 0 Å². The minimum absolute atomic E-state index is 0.267. The molecule has 0 spiro atoms. The van der Waals surface area contributed by atoms with Crippen molar-refractivity contribution >= 4 is 33.5 Å². The van der Waals surface area contributed by atoms with E-state index in [2.05, 4.69) is 61.7 Å². The van der Waals surface area contributed by atoms with Crippen molar-refractivity contribution in [2.24, 2.45) is 11.8 Å². The Morgan fingerprint density at radius 1 is 0.544 bits per heavy atom. The summed E-state index contributed by atoms with van der Waals surface area (Å²) in [5, 5.41) is 25.7. The van der Waals surface area contributed by atoms with Gasteiger partial charge in [0.25, 0.3) is 12.6 Å². The lowest BCUT2D eigenvalue weighted by atomic mass is 9.65. The fraction of sp³-hybridized carbons (Fsp3) is 0.224. The fourth-order valence-corrected chi connectivity index (χ4v) is 7.81. The van der Waals surface area contributed by atoms with E-state index in [1.807, 2.05) is 88.4 Å². The van der Waals surface area contributed by atoms with Crippen molar-refractivity contribution in [3.05, 3.63) is 169 Å². The molecule has 6 aromatic rings. The molecule has 0 saturated carbocycles. The van der Waals surface area contributed by atoms with Gasteiger partial charge in [-0.25, -0.2) is 9.59 Å². The second kappa shape index (κ2) is 16.1. The number of hydrogen-bond acceptors (Lipinski definition) is 8. The van der Waals surface area contributed by atoms with Gasteiger partial charge in [-0.05, 0) is 91.0 Å². The second-order valence-electron chi connectivity index (χ2n) is 14.9. The SMILES string of the molecule is C=CC(=O)OC(Oc1ccc2cccc(C3(c4cccc5ccc(OC(OC(=O)C=C)C(O)C(C)C)cc45)c4ccccc4-c4ccccc43)c2c1)C(O)C(C)C. The smallest absolute Gasteiger partial charge is 0.333 e. The zero-order valence-electron chi connectivity index (χ0n) is 32.4. The van der Waals surface area contributed by atoms with Crippen molar-refractivity contribution in [2.45, 2.75) is 57.9 Å². The molecule has 8 heteroatoms. The zero-order valence-corrected chi connectivity index (χ0v) is 32.4. The van der Waals surface area contributed by atoms with Crippen LogP contribution in [0.25, 0.3) is 32.7 Å². The molecule has 0 fully saturated rings. The molecule has 4 unspecified atom stereocenters. The van der Waals surface area contributed by atoms with Gasteiger partial charge < -0.3 is 29.2 Å². The van der Waals surface area contributed by atoms with Crippen LogP contribution in [0, 0.1) is 11.8 Å². The van der Waals surface area contributed by atoms with Gasteiger partial charge in [0.15, 0.2) is 0 Å². The van der Waals surface area contributed by atoms with Gasteiger partial charge in [-0.2, -0.15) is 0 Å². The molecule has 0 aromatic heterocycles. The minimum Gasteiger partial charge on any atom is -0.452 e. The summed E-state index contributed by atoms with van der Waals surface area (Å²) >= 11 is 0. The van der Waals surface area contributed by atoms with Crippen molar-refractivity contribution in [1.82, 2.24) is 0 Å². The van der Waals surface area contributed by atoms with Gasteiger partial charge in [0.1, 0.15) is 23.7 Å². The number of aliphatic hydroxyl groups is 2. The molecule has 0 bridgehead atoms. The first-order valence-electron chi connectivity index (χ1n) is 19.1. The van der Waals surface area contributed by atoms with Crippen LogP contribution in [0.1, 0.15) is 49.9 Å². The van der Waals surface area contributed by atoms with E-state index < -0.39 is 42.1 Å². The van der Waals surface area contributed by atoms with Crippen molar-refractivity contribution in [2.75, 3.05) is 0 Å². The van der Waals surface area contributed by atoms with Crippen LogP contribution >= 0.6 is 0 Å². The van der Waals surface area contributed by atoms with E-state index in [-0.39, 0.29) is 11.8 Å². The van der Waals surface area contributed by atoms with Gasteiger partial charge in [-0.15, -0.1) is 0 Å². The summed E-state index contributed by atoms with van der Waals surface area (Å²) in [5.74, 6) is -1.13. The average Bonchev–Trinajstić information content (AvgIpc) is 3.52. The quantitative estimate of drug-likeness (QED) is 0.0641. The number of hydrogen-bond donors (Lipinski definition) is 2. The number of esters is 2. The van der Waals surface area contributed by atoms with Crippen molar-refractivity contribution in [3.63, 3.8) is 0 Å². The maximum absolute atomic E-state index is 12.3. The molecule has 57 heavy (non-hydrogen) atoms. The standard InChI is InChI=1S/C49H46O8/c1-7-43(50)56-47(45(52)29(3)4)54-33-25-23-31-15-13-21-41(37(31)27-33)49(39-19-11-9-17-35(39)36-18-10-12-20-40(36)49)42-22-14-16-32-24-26-34(28-38(32)42)55-48(46(53)30(5)6)57-44(51)8-2/h7-30,45-48,52-53H,1-2H2,3-6H3. The molecule has 290 valence electrons. The van der Waals surface area contributed by atoms with E-state index in [1.54, 1.807) is 12.1 Å². The summed E-state index contributed by atoms with van der Waals surface area (Å²) in [4.78, 5) is 24.7. The largest absolute Gasteiger partial charge is 0.452 e. The van der Waals surface area contributed by atoms with Crippen LogP contribution in [0.4, 0.5) is 0 Å². The van der Waals surface area contributed by atoms with Gasteiger partial charge >= 0.3 is 11.9 Å². The van der Waals surface area contributed by atoms with Gasteiger partial charge in [0, 0.05) is 12.2 Å². The molecule has 1 aliphatic carbocycles. The lowest BCUT2D eigenvalue weighted by Crippen LogP contribution is -2.39. The third kappa shape index (κ3) is 7.18. The molecule has 0 heterocycles. The number of ether oxygens (including phenoxy) is 4. The number of carbonyl (C=O) groups excluding carboxylic acids is 2. The predicted molar refractivity (Wildman–Crippen MR) is 222 cm³/mol. The highest BCUT2D eigenvalue weighted by Crippen LogP contribution is 2.58. The van der Waals surface area contributed by atoms with E-state index in [0.717, 1.165) is 67.1 Å². The molecule has 1 aliphatic rings. The van der Waals surface area contributed by atoms with Gasteiger partial charge in [-0.1, -0.05) is 138 Å². The fourth-order valence-electron chi connectivity index (χ4n) is 7.81. The van der Waals surface area contributed by atoms with Crippen molar-refractivity contribution in [3.8, 4) is 22.6 Å². The van der Waals surface area contributed by atoms with E-state index in [4.69, 9.17) is 18.9 Å². The molecule has 6 aromatic carbocycles. The highest BCUT2D eigenvalue weighted by atomic mass is 16.7. The summed E-state index contributed by atoms with van der Waals surface area (Å²) in [6.07, 6.45) is -2.67. The Morgan fingerprint density at radius 3 is 1.32 bits per heavy atom. The highest BCUT2D eigenvalue weighted by Gasteiger charge is 2.47. The second-order valence-corrected chi connectivity index (χ2v) is 14.9. The van der Waals surface area contributed by atoms with Gasteiger partial charge in [0.2, 0.25) is 0 Å². The van der Waals surface area contributed by atoms with E-state index in [1.165, 1.54) is 0 Å². The number of carbonyl (C=O) groups is 2. The monoisotopic (exact) mass is 762 g/mol. The topological polar surface area (TPSA) is 112 Å². The molecule has 0 aliphatic heterocycles. The first-order valence-corrected chi connectivity index (χ1v) is 19.1. The zero-order chi connectivity index (χ0) is 40.4. The third-order valence-electron chi connectivity index (χ3n) is 10.7. The number of fused-ring (bicyclic) bond motifs is 5. The normalized spacial score (nSPS) is 14.9. The summed E-state index contributed by atoms with van der Waals surface area (Å²) in [6, 6.07) is 40.7. The van der Waals surface area contributed by atoms with Crippen molar-refractivity contribution in [1.29, 1.82) is 0 Å². The predicted octanol–water partition coefficient (Wildman–Crippen LogP) is 9.26. The molecular formula is C49H46O8. The first kappa shape index (κ1) is 39.0. The highest BCUT2D eigenvalue weighted by molar-refractivity contribution is 5.99. The number of benzene rings is 6. The van der Waals surface area contributed by atoms with Crippen LogP contribution < -0.4 is 9.47 Å². The Hall–Kier alpha value is -6.22. The molecule has 0 amide bonds. The van der Waals surface area contributed by atoms with Crippen LogP contribution in [-0.4, -0.2) is 46.9 Å². The van der Waals surface area contributed by atoms with E-state index >= 15 is 0 Å². The maximum atomic E-state index is 12.3. The summed E-state index contributed by atoms with van der Waals surface area (Å²) in [5.41, 5.74) is 5.39. The van der Waals surface area contributed by atoms with E-state index in [0.29, 0.717) is 11.5 Å². The first-order chi connectivity index (χ1) is 27.5. The number of rotatable bonds is 14. The lowest BCUT2D eigenvalue weighted by Gasteiger charge is -2.36. The molecule has 0 radical (unpaired) electrons. The minimum atomic E-state index is -1.28. The summed E-state index contributed by atoms with van der Waals surface area (Å²) in [6.45, 7) is 14.3. The van der Waals surface area contributed by atoms with E-state index in [9.17, 15) is 19.8 Å². The van der Waals surface area contributed by atoms with Gasteiger partial charge in [0.05, 0.1) is 5.41 Å². The Balaban J connectivity index is 1.48. The lowest BCUT2D eigenvalue weighted by molar-refractivity contribution is -0.179. The van der Waals surface area contributed by atoms with Crippen LogP contribution in [0.15, 0.2) is 147 Å². The molecular weight excluding hydrogens is 717 g/mol.